The summed E-state index contributed by atoms with van der Waals surface area (Å²) in [6.45, 7) is 3.98. The summed E-state index contributed by atoms with van der Waals surface area (Å²) in [7, 11) is -3.29. The first-order valence-electron chi connectivity index (χ1n) is 11.2. The van der Waals surface area contributed by atoms with E-state index >= 15 is 0 Å². The summed E-state index contributed by atoms with van der Waals surface area (Å²) in [6, 6.07) is 16.4. The number of aromatic nitrogens is 1. The minimum atomic E-state index is -3.29. The molecule has 0 aliphatic carbocycles. The Balaban J connectivity index is 1.16. The maximum atomic E-state index is 12.1. The molecule has 5 nitrogen and oxygen atoms in total. The van der Waals surface area contributed by atoms with Crippen molar-refractivity contribution in [1.29, 1.82) is 0 Å². The SMILES string of the molecule is CS(=O)(=O)n1cc(CCCCN2CCC3(CC2)OCc2ccccc23)c2ccccc21. The number of ether oxygens (including phenoxy) is 1. The monoisotopic (exact) mass is 438 g/mol. The molecule has 0 radical (unpaired) electrons. The molecule has 6 heteroatoms. The molecule has 1 saturated heterocycles. The summed E-state index contributed by atoms with van der Waals surface area (Å²) in [6.07, 6.45) is 8.26. The predicted molar refractivity (Wildman–Crippen MR) is 124 cm³/mol. The number of nitrogens with zero attached hydrogens (tertiary/aromatic N) is 2. The Bertz CT molecular complexity index is 1190. The topological polar surface area (TPSA) is 51.5 Å². The van der Waals surface area contributed by atoms with Crippen molar-refractivity contribution in [2.24, 2.45) is 0 Å². The molecule has 1 spiro atoms. The zero-order chi connectivity index (χ0) is 21.5. The lowest BCUT2D eigenvalue weighted by atomic mass is 9.84. The Morgan fingerprint density at radius 3 is 2.55 bits per heavy atom. The van der Waals surface area contributed by atoms with Crippen molar-refractivity contribution in [1.82, 2.24) is 8.87 Å². The van der Waals surface area contributed by atoms with Gasteiger partial charge < -0.3 is 9.64 Å². The minimum Gasteiger partial charge on any atom is -0.365 e. The number of hydrogen-bond donors (Lipinski definition) is 0. The molecular formula is C25H30N2O3S. The van der Waals surface area contributed by atoms with Gasteiger partial charge in [0.2, 0.25) is 10.0 Å². The summed E-state index contributed by atoms with van der Waals surface area (Å²) in [5.41, 5.74) is 4.58. The van der Waals surface area contributed by atoms with Gasteiger partial charge in [0.1, 0.15) is 0 Å². The first-order valence-corrected chi connectivity index (χ1v) is 13.1. The number of unbranched alkanes of at least 4 members (excludes halogenated alkanes) is 1. The van der Waals surface area contributed by atoms with Crippen LogP contribution in [0.2, 0.25) is 0 Å². The second-order valence-electron chi connectivity index (χ2n) is 8.97. The maximum absolute atomic E-state index is 12.1. The molecule has 164 valence electrons. The molecular weight excluding hydrogens is 408 g/mol. The van der Waals surface area contributed by atoms with Crippen molar-refractivity contribution in [3.8, 4) is 0 Å². The van der Waals surface area contributed by atoms with E-state index in [-0.39, 0.29) is 5.60 Å². The van der Waals surface area contributed by atoms with Gasteiger partial charge in [0.05, 0.1) is 24.0 Å². The minimum absolute atomic E-state index is 0.0689. The lowest BCUT2D eigenvalue weighted by Crippen LogP contribution is -2.42. The number of benzene rings is 2. The molecule has 2 aliphatic rings. The molecule has 3 aromatic rings. The maximum Gasteiger partial charge on any atom is 0.236 e. The van der Waals surface area contributed by atoms with Crippen LogP contribution in [0, 0.1) is 0 Å². The third-order valence-corrected chi connectivity index (χ3v) is 7.98. The molecule has 2 aliphatic heterocycles. The van der Waals surface area contributed by atoms with Gasteiger partial charge in [-0.3, -0.25) is 0 Å². The highest BCUT2D eigenvalue weighted by Gasteiger charge is 2.42. The van der Waals surface area contributed by atoms with Crippen LogP contribution in [0.5, 0.6) is 0 Å². The molecule has 0 N–H and O–H groups in total. The van der Waals surface area contributed by atoms with Crippen molar-refractivity contribution in [3.05, 3.63) is 71.4 Å². The predicted octanol–water partition coefficient (Wildman–Crippen LogP) is 4.29. The number of fused-ring (bicyclic) bond motifs is 3. The van der Waals surface area contributed by atoms with Crippen LogP contribution in [0.15, 0.2) is 54.7 Å². The van der Waals surface area contributed by atoms with E-state index in [1.54, 1.807) is 6.20 Å². The normalized spacial score (nSPS) is 18.6. The molecule has 3 heterocycles. The molecule has 0 bridgehead atoms. The van der Waals surface area contributed by atoms with Crippen LogP contribution in [-0.2, 0) is 33.4 Å². The largest absolute Gasteiger partial charge is 0.365 e. The number of likely N-dealkylation sites (tertiary alicyclic amines) is 1. The molecule has 2 aromatic carbocycles. The zero-order valence-corrected chi connectivity index (χ0v) is 18.9. The molecule has 0 unspecified atom stereocenters. The van der Waals surface area contributed by atoms with Crippen LogP contribution in [0.25, 0.3) is 10.9 Å². The van der Waals surface area contributed by atoms with Gasteiger partial charge >= 0.3 is 0 Å². The van der Waals surface area contributed by atoms with E-state index in [0.29, 0.717) is 0 Å². The third kappa shape index (κ3) is 3.93. The van der Waals surface area contributed by atoms with Crippen molar-refractivity contribution in [2.75, 3.05) is 25.9 Å². The smallest absolute Gasteiger partial charge is 0.236 e. The van der Waals surface area contributed by atoms with Gasteiger partial charge in [-0.25, -0.2) is 12.4 Å². The fourth-order valence-corrected chi connectivity index (χ4v) is 6.11. The van der Waals surface area contributed by atoms with E-state index in [4.69, 9.17) is 4.74 Å². The van der Waals surface area contributed by atoms with Crippen LogP contribution in [0.1, 0.15) is 42.4 Å². The van der Waals surface area contributed by atoms with Gasteiger partial charge in [0.15, 0.2) is 0 Å². The second-order valence-corrected chi connectivity index (χ2v) is 10.8. The van der Waals surface area contributed by atoms with Gasteiger partial charge in [-0.2, -0.15) is 0 Å². The van der Waals surface area contributed by atoms with E-state index in [1.807, 2.05) is 24.3 Å². The Kier molecular flexibility index (Phi) is 5.40. The van der Waals surface area contributed by atoms with Gasteiger partial charge in [-0.1, -0.05) is 42.5 Å². The molecule has 31 heavy (non-hydrogen) atoms. The van der Waals surface area contributed by atoms with E-state index in [1.165, 1.54) is 21.4 Å². The molecule has 1 fully saturated rings. The van der Waals surface area contributed by atoms with Crippen LogP contribution in [0.3, 0.4) is 0 Å². The van der Waals surface area contributed by atoms with Gasteiger partial charge in [0.25, 0.3) is 0 Å². The molecule has 1 aromatic heterocycles. The number of hydrogen-bond acceptors (Lipinski definition) is 4. The highest BCUT2D eigenvalue weighted by Crippen LogP contribution is 2.43. The van der Waals surface area contributed by atoms with Gasteiger partial charge in [0, 0.05) is 24.7 Å². The van der Waals surface area contributed by atoms with Crippen molar-refractivity contribution < 1.29 is 13.2 Å². The number of rotatable bonds is 6. The van der Waals surface area contributed by atoms with Gasteiger partial charge in [-0.05, 0) is 61.4 Å². The molecule has 0 atom stereocenters. The van der Waals surface area contributed by atoms with Crippen molar-refractivity contribution >= 4 is 20.9 Å². The van der Waals surface area contributed by atoms with Crippen LogP contribution in [-0.4, -0.2) is 43.2 Å². The average molecular weight is 439 g/mol. The van der Waals surface area contributed by atoms with Crippen molar-refractivity contribution in [3.63, 3.8) is 0 Å². The number of piperidine rings is 1. The highest BCUT2D eigenvalue weighted by atomic mass is 32.2. The number of para-hydroxylation sites is 1. The second kappa shape index (κ2) is 8.08. The zero-order valence-electron chi connectivity index (χ0n) is 18.1. The summed E-state index contributed by atoms with van der Waals surface area (Å²) in [5.74, 6) is 0. The quantitative estimate of drug-likeness (QED) is 0.539. The van der Waals surface area contributed by atoms with Crippen LogP contribution in [0.4, 0.5) is 0 Å². The Morgan fingerprint density at radius 1 is 1.00 bits per heavy atom. The van der Waals surface area contributed by atoms with E-state index < -0.39 is 10.0 Å². The van der Waals surface area contributed by atoms with Gasteiger partial charge in [-0.15, -0.1) is 0 Å². The fraction of sp³-hybridized carbons (Fsp3) is 0.440. The lowest BCUT2D eigenvalue weighted by molar-refractivity contribution is -0.0788. The van der Waals surface area contributed by atoms with Crippen molar-refractivity contribution in [2.45, 2.75) is 44.3 Å². The Hall–Kier alpha value is -2.15. The standard InChI is InChI=1S/C25H30N2O3S/c1-31(28,29)27-18-20(22-10-3-5-12-24(22)27)8-6-7-15-26-16-13-25(14-17-26)23-11-4-2-9-21(23)19-30-25/h2-5,9-12,18H,6-8,13-17,19H2,1H3. The number of aryl methyl sites for hydroxylation is 1. The fourth-order valence-electron chi connectivity index (χ4n) is 5.28. The molecule has 0 amide bonds. The summed E-state index contributed by atoms with van der Waals surface area (Å²) < 4.78 is 31.9. The first-order chi connectivity index (χ1) is 15.0. The average Bonchev–Trinajstić information content (AvgIpc) is 3.32. The highest BCUT2D eigenvalue weighted by molar-refractivity contribution is 7.89. The first kappa shape index (κ1) is 20.7. The lowest BCUT2D eigenvalue weighted by Gasteiger charge is -2.39. The summed E-state index contributed by atoms with van der Waals surface area (Å²) >= 11 is 0. The van der Waals surface area contributed by atoms with E-state index in [0.717, 1.165) is 74.8 Å². The van der Waals surface area contributed by atoms with E-state index in [9.17, 15) is 8.42 Å². The summed E-state index contributed by atoms with van der Waals surface area (Å²) in [4.78, 5) is 2.55. The van der Waals surface area contributed by atoms with Crippen LogP contribution < -0.4 is 0 Å². The van der Waals surface area contributed by atoms with E-state index in [2.05, 4.69) is 29.2 Å². The Morgan fingerprint density at radius 2 is 1.74 bits per heavy atom. The molecule has 5 rings (SSSR count). The summed E-state index contributed by atoms with van der Waals surface area (Å²) in [5, 5.41) is 1.05. The molecule has 0 saturated carbocycles. The van der Waals surface area contributed by atoms with Crippen LogP contribution >= 0.6 is 0 Å². The Labute approximate surface area is 184 Å². The third-order valence-electron chi connectivity index (χ3n) is 6.96.